The van der Waals surface area contributed by atoms with Gasteiger partial charge >= 0.3 is 0 Å². The first-order valence-corrected chi connectivity index (χ1v) is 15.8. The van der Waals surface area contributed by atoms with E-state index < -0.39 is 8.07 Å². The second kappa shape index (κ2) is 7.49. The Morgan fingerprint density at radius 2 is 1.59 bits per heavy atom. The third-order valence-corrected chi connectivity index (χ3v) is 12.2. The van der Waals surface area contributed by atoms with Gasteiger partial charge in [0.25, 0.3) is 0 Å². The van der Waals surface area contributed by atoms with Crippen molar-refractivity contribution in [2.24, 2.45) is 0 Å². The molecular formula is C31H29NSSi. The molecule has 3 heteroatoms. The van der Waals surface area contributed by atoms with E-state index in [4.69, 9.17) is 4.98 Å². The average molecular weight is 476 g/mol. The predicted molar refractivity (Wildman–Crippen MR) is 153 cm³/mol. The van der Waals surface area contributed by atoms with E-state index in [-0.39, 0.29) is 5.41 Å². The molecule has 1 aliphatic rings. The SMILES string of the molecule is CC(C)(C)c1cc(-c2nccc3cc(C4=Cc5ccccc5[Si]4(C)C)sc23)cc2ccccc12. The largest absolute Gasteiger partial charge is 0.255 e. The fraction of sp³-hybridized carbons (Fsp3) is 0.194. The Balaban J connectivity index is 1.55. The van der Waals surface area contributed by atoms with E-state index >= 15 is 0 Å². The molecule has 0 atom stereocenters. The molecule has 5 aromatic rings. The first-order chi connectivity index (χ1) is 16.2. The van der Waals surface area contributed by atoms with Gasteiger partial charge in [-0.1, -0.05) is 88.5 Å². The van der Waals surface area contributed by atoms with Gasteiger partial charge in [-0.25, -0.2) is 0 Å². The number of fused-ring (bicyclic) bond motifs is 3. The zero-order chi connectivity index (χ0) is 23.7. The molecule has 1 aliphatic heterocycles. The third-order valence-electron chi connectivity index (χ3n) is 7.25. The second-order valence-electron chi connectivity index (χ2n) is 11.0. The van der Waals surface area contributed by atoms with Crippen LogP contribution in [0.4, 0.5) is 0 Å². The number of aromatic nitrogens is 1. The van der Waals surface area contributed by atoms with Crippen LogP contribution >= 0.6 is 11.3 Å². The normalized spacial score (nSPS) is 15.0. The average Bonchev–Trinajstić information content (AvgIpc) is 3.36. The van der Waals surface area contributed by atoms with E-state index in [2.05, 4.69) is 113 Å². The van der Waals surface area contributed by atoms with Crippen LogP contribution < -0.4 is 5.19 Å². The van der Waals surface area contributed by atoms with E-state index in [0.717, 1.165) is 5.69 Å². The number of hydrogen-bond donors (Lipinski definition) is 0. The standard InChI is InChI=1S/C31H29NSSi/c1-31(2,3)25-17-23(16-20-10-6-8-12-24(20)25)29-30-22(14-15-32-29)18-26(33-30)28-19-21-11-7-9-13-27(21)34(28,4)5/h6-19H,1-5H3. The summed E-state index contributed by atoms with van der Waals surface area (Å²) in [6.45, 7) is 11.9. The van der Waals surface area contributed by atoms with Crippen LogP contribution in [0, 0.1) is 0 Å². The monoisotopic (exact) mass is 475 g/mol. The summed E-state index contributed by atoms with van der Waals surface area (Å²) in [5.41, 5.74) is 5.14. The highest BCUT2D eigenvalue weighted by Gasteiger charge is 2.36. The highest BCUT2D eigenvalue weighted by atomic mass is 32.1. The van der Waals surface area contributed by atoms with E-state index in [1.807, 2.05) is 17.5 Å². The topological polar surface area (TPSA) is 12.9 Å². The zero-order valence-electron chi connectivity index (χ0n) is 20.4. The van der Waals surface area contributed by atoms with Crippen LogP contribution in [0.15, 0.2) is 79.0 Å². The summed E-state index contributed by atoms with van der Waals surface area (Å²) in [5.74, 6) is 0. The summed E-state index contributed by atoms with van der Waals surface area (Å²) in [7, 11) is -1.71. The number of benzene rings is 3. The summed E-state index contributed by atoms with van der Waals surface area (Å²) in [6, 6.07) is 26.9. The van der Waals surface area contributed by atoms with Crippen LogP contribution in [0.25, 0.3) is 43.4 Å². The summed E-state index contributed by atoms with van der Waals surface area (Å²) < 4.78 is 1.29. The lowest BCUT2D eigenvalue weighted by molar-refractivity contribution is 0.596. The van der Waals surface area contributed by atoms with Crippen molar-refractivity contribution in [2.75, 3.05) is 0 Å². The van der Waals surface area contributed by atoms with Gasteiger partial charge in [0.2, 0.25) is 0 Å². The molecule has 0 fully saturated rings. The molecule has 0 saturated carbocycles. The van der Waals surface area contributed by atoms with Crippen LogP contribution in [0.1, 0.15) is 36.8 Å². The predicted octanol–water partition coefficient (Wildman–Crippen LogP) is 8.42. The van der Waals surface area contributed by atoms with E-state index in [9.17, 15) is 0 Å². The van der Waals surface area contributed by atoms with Crippen LogP contribution in [-0.2, 0) is 5.41 Å². The first-order valence-electron chi connectivity index (χ1n) is 12.0. The number of hydrogen-bond acceptors (Lipinski definition) is 2. The summed E-state index contributed by atoms with van der Waals surface area (Å²) in [4.78, 5) is 6.32. The molecule has 3 aromatic carbocycles. The van der Waals surface area contributed by atoms with Gasteiger partial charge in [0.15, 0.2) is 0 Å². The maximum absolute atomic E-state index is 4.93. The molecule has 1 nitrogen and oxygen atoms in total. The van der Waals surface area contributed by atoms with Crippen LogP contribution in [-0.4, -0.2) is 13.1 Å². The molecular weight excluding hydrogens is 447 g/mol. The van der Waals surface area contributed by atoms with Gasteiger partial charge in [-0.15, -0.1) is 11.3 Å². The van der Waals surface area contributed by atoms with E-state index in [1.54, 1.807) is 5.19 Å². The number of pyridine rings is 1. The lowest BCUT2D eigenvalue weighted by Gasteiger charge is -2.22. The zero-order valence-corrected chi connectivity index (χ0v) is 22.3. The molecule has 0 unspecified atom stereocenters. The highest BCUT2D eigenvalue weighted by Crippen LogP contribution is 2.43. The number of nitrogens with zero attached hydrogens (tertiary/aromatic N) is 1. The number of rotatable bonds is 2. The van der Waals surface area contributed by atoms with Crippen molar-refractivity contribution in [1.82, 2.24) is 4.98 Å². The van der Waals surface area contributed by atoms with Crippen molar-refractivity contribution in [2.45, 2.75) is 39.3 Å². The number of thiophene rings is 1. The van der Waals surface area contributed by atoms with Crippen LogP contribution in [0.5, 0.6) is 0 Å². The maximum Gasteiger partial charge on any atom is 0.114 e. The summed E-state index contributed by atoms with van der Waals surface area (Å²) >= 11 is 1.91. The first kappa shape index (κ1) is 21.5. The van der Waals surface area contributed by atoms with E-state index in [1.165, 1.54) is 47.6 Å². The Morgan fingerprint density at radius 1 is 0.824 bits per heavy atom. The van der Waals surface area contributed by atoms with Crippen molar-refractivity contribution in [1.29, 1.82) is 0 Å². The minimum absolute atomic E-state index is 0.0557. The Labute approximate surface area is 206 Å². The minimum atomic E-state index is -1.71. The van der Waals surface area contributed by atoms with Gasteiger partial charge < -0.3 is 0 Å². The third kappa shape index (κ3) is 3.30. The summed E-state index contributed by atoms with van der Waals surface area (Å²) in [5, 5.41) is 6.99. The molecule has 0 amide bonds. The van der Waals surface area contributed by atoms with Crippen LogP contribution in [0.3, 0.4) is 0 Å². The minimum Gasteiger partial charge on any atom is -0.255 e. The van der Waals surface area contributed by atoms with Gasteiger partial charge in [0.05, 0.1) is 10.4 Å². The lowest BCUT2D eigenvalue weighted by atomic mass is 9.82. The summed E-state index contributed by atoms with van der Waals surface area (Å²) in [6.07, 6.45) is 4.41. The van der Waals surface area contributed by atoms with Crippen molar-refractivity contribution >= 4 is 56.7 Å². The van der Waals surface area contributed by atoms with Crippen molar-refractivity contribution in [3.8, 4) is 11.3 Å². The molecule has 168 valence electrons. The molecule has 34 heavy (non-hydrogen) atoms. The van der Waals surface area contributed by atoms with Gasteiger partial charge in [0.1, 0.15) is 8.07 Å². The van der Waals surface area contributed by atoms with Crippen molar-refractivity contribution in [3.63, 3.8) is 0 Å². The van der Waals surface area contributed by atoms with Crippen molar-refractivity contribution in [3.05, 3.63) is 95.0 Å². The molecule has 0 bridgehead atoms. The molecule has 0 aliphatic carbocycles. The Morgan fingerprint density at radius 3 is 2.38 bits per heavy atom. The van der Waals surface area contributed by atoms with Crippen molar-refractivity contribution < 1.29 is 0 Å². The molecule has 0 radical (unpaired) electrons. The van der Waals surface area contributed by atoms with Crippen LogP contribution in [0.2, 0.25) is 13.1 Å². The molecule has 2 aromatic heterocycles. The van der Waals surface area contributed by atoms with Gasteiger partial charge in [-0.2, -0.15) is 0 Å². The van der Waals surface area contributed by atoms with Gasteiger partial charge in [-0.05, 0) is 67.3 Å². The highest BCUT2D eigenvalue weighted by molar-refractivity contribution is 7.23. The maximum atomic E-state index is 4.93. The molecule has 0 N–H and O–H groups in total. The fourth-order valence-corrected chi connectivity index (χ4v) is 10.3. The molecule has 0 spiro atoms. The second-order valence-corrected chi connectivity index (χ2v) is 16.3. The molecule has 3 heterocycles. The quantitative estimate of drug-likeness (QED) is 0.233. The Bertz CT molecular complexity index is 1610. The lowest BCUT2D eigenvalue weighted by Crippen LogP contribution is -2.40. The molecule has 0 saturated heterocycles. The molecule has 6 rings (SSSR count). The Hall–Kier alpha value is -3.01. The Kier molecular flexibility index (Phi) is 4.74. The fourth-order valence-electron chi connectivity index (χ4n) is 5.42. The van der Waals surface area contributed by atoms with Gasteiger partial charge in [-0.3, -0.25) is 4.98 Å². The smallest absolute Gasteiger partial charge is 0.114 e. The van der Waals surface area contributed by atoms with E-state index in [0.29, 0.717) is 0 Å². The van der Waals surface area contributed by atoms with Gasteiger partial charge in [0, 0.05) is 16.6 Å².